The molecule has 1 aromatic heterocycles. The van der Waals surface area contributed by atoms with Gasteiger partial charge in [0.05, 0.1) is 11.1 Å². The van der Waals surface area contributed by atoms with Gasteiger partial charge < -0.3 is 9.32 Å². The van der Waals surface area contributed by atoms with Gasteiger partial charge in [-0.05, 0) is 105 Å². The predicted octanol–water partition coefficient (Wildman–Crippen LogP) is 14.9. The molecule has 1 aliphatic rings. The van der Waals surface area contributed by atoms with Crippen LogP contribution in [0, 0.1) is 0 Å². The number of nitrogens with zero attached hydrogens (tertiary/aromatic N) is 1. The van der Waals surface area contributed by atoms with Gasteiger partial charge in [0.2, 0.25) is 0 Å². The van der Waals surface area contributed by atoms with Crippen molar-refractivity contribution in [1.82, 2.24) is 0 Å². The number of furan rings is 1. The molecule has 0 atom stereocenters. The molecule has 2 nitrogen and oxygen atoms in total. The lowest BCUT2D eigenvalue weighted by Crippen LogP contribution is -2.22. The Morgan fingerprint density at radius 3 is 1.64 bits per heavy atom. The number of benzene rings is 9. The zero-order valence-corrected chi connectivity index (χ0v) is 31.0. The Kier molecular flexibility index (Phi) is 7.33. The first-order valence-corrected chi connectivity index (χ1v) is 19.3. The van der Waals surface area contributed by atoms with Crippen LogP contribution < -0.4 is 4.90 Å². The van der Waals surface area contributed by atoms with Gasteiger partial charge in [0, 0.05) is 27.7 Å². The van der Waals surface area contributed by atoms with Crippen molar-refractivity contribution < 1.29 is 4.42 Å². The standard InChI is InChI=1S/C54H37NO/c1-54(47-20-9-7-17-44(47)45-18-8-10-21-48(45)54)49-22-11-19-46-52-50(23-12-24-51(52)56-53(46)49)55(42-31-27-38(28-32-42)36-13-3-2-4-14-36)43-33-29-39(30-34-43)41-26-25-37-15-5-6-16-40(37)35-41/h2-35H,1H3. The van der Waals surface area contributed by atoms with Gasteiger partial charge in [-0.3, -0.25) is 0 Å². The Balaban J connectivity index is 1.09. The van der Waals surface area contributed by atoms with E-state index < -0.39 is 0 Å². The molecule has 0 fully saturated rings. The van der Waals surface area contributed by atoms with E-state index in [9.17, 15) is 0 Å². The van der Waals surface area contributed by atoms with Crippen molar-refractivity contribution in [3.63, 3.8) is 0 Å². The largest absolute Gasteiger partial charge is 0.456 e. The van der Waals surface area contributed by atoms with Crippen LogP contribution in [0.2, 0.25) is 0 Å². The molecule has 0 aliphatic heterocycles. The van der Waals surface area contributed by atoms with Crippen molar-refractivity contribution in [2.24, 2.45) is 0 Å². The fourth-order valence-corrected chi connectivity index (χ4v) is 9.19. The summed E-state index contributed by atoms with van der Waals surface area (Å²) in [6.07, 6.45) is 0. The summed E-state index contributed by atoms with van der Waals surface area (Å²) in [5, 5.41) is 4.69. The summed E-state index contributed by atoms with van der Waals surface area (Å²) < 4.78 is 7.02. The molecule has 0 saturated heterocycles. The van der Waals surface area contributed by atoms with E-state index in [4.69, 9.17) is 4.42 Å². The van der Waals surface area contributed by atoms with E-state index in [1.54, 1.807) is 0 Å². The summed E-state index contributed by atoms with van der Waals surface area (Å²) in [5.74, 6) is 0. The molecule has 2 heteroatoms. The smallest absolute Gasteiger partial charge is 0.139 e. The summed E-state index contributed by atoms with van der Waals surface area (Å²) in [6.45, 7) is 2.36. The highest BCUT2D eigenvalue weighted by Gasteiger charge is 2.42. The normalized spacial score (nSPS) is 12.9. The van der Waals surface area contributed by atoms with Crippen LogP contribution in [0.4, 0.5) is 17.1 Å². The lowest BCUT2D eigenvalue weighted by atomic mass is 9.74. The quantitative estimate of drug-likeness (QED) is 0.170. The van der Waals surface area contributed by atoms with Crippen molar-refractivity contribution in [2.45, 2.75) is 12.3 Å². The zero-order valence-electron chi connectivity index (χ0n) is 31.0. The molecule has 1 aliphatic carbocycles. The first-order valence-electron chi connectivity index (χ1n) is 19.3. The summed E-state index contributed by atoms with van der Waals surface area (Å²) in [7, 11) is 0. The van der Waals surface area contributed by atoms with Crippen molar-refractivity contribution in [1.29, 1.82) is 0 Å². The van der Waals surface area contributed by atoms with Crippen LogP contribution in [0.3, 0.4) is 0 Å². The third-order valence-corrected chi connectivity index (χ3v) is 11.9. The minimum absolute atomic E-state index is 0.383. The van der Waals surface area contributed by atoms with Gasteiger partial charge in [-0.1, -0.05) is 164 Å². The first kappa shape index (κ1) is 32.3. The van der Waals surface area contributed by atoms with Gasteiger partial charge in [-0.25, -0.2) is 0 Å². The molecule has 0 saturated carbocycles. The SMILES string of the molecule is CC1(c2cccc3c2oc2cccc(N(c4ccc(-c5ccccc5)cc4)c4ccc(-c5ccc6ccccc6c5)cc4)c23)c2ccccc2-c2ccccc21. The van der Waals surface area contributed by atoms with Crippen LogP contribution >= 0.6 is 0 Å². The van der Waals surface area contributed by atoms with E-state index in [1.807, 2.05) is 0 Å². The second-order valence-corrected chi connectivity index (χ2v) is 15.0. The Bertz CT molecular complexity index is 3040. The second-order valence-electron chi connectivity index (χ2n) is 15.0. The maximum atomic E-state index is 7.02. The highest BCUT2D eigenvalue weighted by atomic mass is 16.3. The molecule has 0 amide bonds. The number of hydrogen-bond donors (Lipinski definition) is 0. The molecule has 0 N–H and O–H groups in total. The third-order valence-electron chi connectivity index (χ3n) is 11.9. The molecule has 264 valence electrons. The van der Waals surface area contributed by atoms with Crippen LogP contribution in [-0.2, 0) is 5.41 Å². The Morgan fingerprint density at radius 2 is 0.946 bits per heavy atom. The fourth-order valence-electron chi connectivity index (χ4n) is 9.19. The topological polar surface area (TPSA) is 16.4 Å². The summed E-state index contributed by atoms with van der Waals surface area (Å²) in [5.41, 5.74) is 15.8. The molecule has 11 rings (SSSR count). The number of anilines is 3. The van der Waals surface area contributed by atoms with Gasteiger partial charge in [-0.15, -0.1) is 0 Å². The van der Waals surface area contributed by atoms with E-state index >= 15 is 0 Å². The number of hydrogen-bond acceptors (Lipinski definition) is 2. The molecule has 0 radical (unpaired) electrons. The number of fused-ring (bicyclic) bond motifs is 7. The van der Waals surface area contributed by atoms with E-state index in [-0.39, 0.29) is 5.41 Å². The van der Waals surface area contributed by atoms with Crippen LogP contribution in [0.5, 0.6) is 0 Å². The van der Waals surface area contributed by atoms with Gasteiger partial charge in [0.15, 0.2) is 0 Å². The molecule has 0 spiro atoms. The van der Waals surface area contributed by atoms with Gasteiger partial charge in [-0.2, -0.15) is 0 Å². The molecule has 9 aromatic carbocycles. The van der Waals surface area contributed by atoms with E-state index in [2.05, 4.69) is 218 Å². The Morgan fingerprint density at radius 1 is 0.411 bits per heavy atom. The maximum Gasteiger partial charge on any atom is 0.139 e. The van der Waals surface area contributed by atoms with Crippen LogP contribution in [0.25, 0.3) is 66.1 Å². The van der Waals surface area contributed by atoms with Crippen molar-refractivity contribution in [2.75, 3.05) is 4.90 Å². The Hall–Kier alpha value is -7.16. The summed E-state index contributed by atoms with van der Waals surface area (Å²) in [6, 6.07) is 74.5. The fraction of sp³-hybridized carbons (Fsp3) is 0.0370. The number of para-hydroxylation sites is 1. The minimum Gasteiger partial charge on any atom is -0.456 e. The van der Waals surface area contributed by atoms with Crippen LogP contribution in [0.15, 0.2) is 211 Å². The molecule has 1 heterocycles. The lowest BCUT2D eigenvalue weighted by molar-refractivity contribution is 0.638. The van der Waals surface area contributed by atoms with Gasteiger partial charge in [0.25, 0.3) is 0 Å². The molecule has 0 bridgehead atoms. The van der Waals surface area contributed by atoms with Gasteiger partial charge >= 0.3 is 0 Å². The zero-order chi connectivity index (χ0) is 37.2. The van der Waals surface area contributed by atoms with Crippen LogP contribution in [-0.4, -0.2) is 0 Å². The second kappa shape index (κ2) is 12.7. The van der Waals surface area contributed by atoms with E-state index in [0.717, 1.165) is 39.0 Å². The van der Waals surface area contributed by atoms with E-state index in [1.165, 1.54) is 60.8 Å². The summed E-state index contributed by atoms with van der Waals surface area (Å²) >= 11 is 0. The highest BCUT2D eigenvalue weighted by Crippen LogP contribution is 2.54. The predicted molar refractivity (Wildman–Crippen MR) is 234 cm³/mol. The Labute approximate surface area is 326 Å². The summed E-state index contributed by atoms with van der Waals surface area (Å²) in [4.78, 5) is 2.38. The number of rotatable bonds is 6. The van der Waals surface area contributed by atoms with Crippen molar-refractivity contribution in [3.8, 4) is 33.4 Å². The maximum absolute atomic E-state index is 7.02. The average Bonchev–Trinajstić information content (AvgIpc) is 3.78. The van der Waals surface area contributed by atoms with Crippen LogP contribution in [0.1, 0.15) is 23.6 Å². The van der Waals surface area contributed by atoms with E-state index in [0.29, 0.717) is 0 Å². The molecule has 10 aromatic rings. The molecular formula is C54H37NO. The van der Waals surface area contributed by atoms with Crippen molar-refractivity contribution >= 4 is 49.8 Å². The monoisotopic (exact) mass is 715 g/mol. The molecule has 0 unspecified atom stereocenters. The highest BCUT2D eigenvalue weighted by molar-refractivity contribution is 6.14. The molecule has 56 heavy (non-hydrogen) atoms. The molecular weight excluding hydrogens is 679 g/mol. The lowest BCUT2D eigenvalue weighted by Gasteiger charge is -2.28. The third kappa shape index (κ3) is 4.96. The first-order chi connectivity index (χ1) is 27.6. The van der Waals surface area contributed by atoms with Gasteiger partial charge in [0.1, 0.15) is 11.2 Å². The average molecular weight is 716 g/mol. The minimum atomic E-state index is -0.383. The van der Waals surface area contributed by atoms with Crippen molar-refractivity contribution in [3.05, 3.63) is 223 Å².